The summed E-state index contributed by atoms with van der Waals surface area (Å²) in [4.78, 5) is 13.8. The molecule has 0 saturated carbocycles. The highest BCUT2D eigenvalue weighted by Crippen LogP contribution is 2.25. The van der Waals surface area contributed by atoms with Crippen molar-refractivity contribution in [3.8, 4) is 0 Å². The summed E-state index contributed by atoms with van der Waals surface area (Å²) in [6.07, 6.45) is 0.718. The molecule has 2 rings (SSSR count). The third-order valence-corrected chi connectivity index (χ3v) is 5.27. The van der Waals surface area contributed by atoms with E-state index in [-0.39, 0.29) is 22.4 Å². The van der Waals surface area contributed by atoms with E-state index in [9.17, 15) is 13.2 Å². The molecule has 118 valence electrons. The van der Waals surface area contributed by atoms with E-state index in [1.807, 2.05) is 0 Å². The Morgan fingerprint density at radius 1 is 1.52 bits per heavy atom. The van der Waals surface area contributed by atoms with Gasteiger partial charge in [-0.3, -0.25) is 9.89 Å². The number of rotatable bonds is 3. The number of nitrogens with one attached hydrogen (secondary N) is 1. The van der Waals surface area contributed by atoms with Gasteiger partial charge in [0.1, 0.15) is 4.90 Å². The number of aromatic amines is 1. The first-order valence-corrected chi connectivity index (χ1v) is 8.88. The van der Waals surface area contributed by atoms with Crippen molar-refractivity contribution in [2.24, 2.45) is 5.92 Å². The average Bonchev–Trinajstić information content (AvgIpc) is 2.80. The summed E-state index contributed by atoms with van der Waals surface area (Å²) in [7, 11) is 2.95. The van der Waals surface area contributed by atoms with Crippen molar-refractivity contribution in [3.05, 3.63) is 11.4 Å². The van der Waals surface area contributed by atoms with Crippen molar-refractivity contribution >= 4 is 25.6 Å². The van der Waals surface area contributed by atoms with Gasteiger partial charge in [-0.05, 0) is 19.3 Å². The first-order valence-electron chi connectivity index (χ1n) is 6.57. The Morgan fingerprint density at radius 2 is 2.19 bits per heavy atom. The Balaban J connectivity index is 2.30. The SMILES string of the molecule is COC1CN(C(=O)c2n[nH]c(C)c2S(=O)(=O)Cl)CCC1C. The maximum Gasteiger partial charge on any atom is 0.275 e. The van der Waals surface area contributed by atoms with Crippen molar-refractivity contribution in [1.82, 2.24) is 15.1 Å². The fourth-order valence-corrected chi connectivity index (χ4v) is 3.88. The predicted molar refractivity (Wildman–Crippen MR) is 76.8 cm³/mol. The molecule has 9 heteroatoms. The minimum Gasteiger partial charge on any atom is -0.379 e. The van der Waals surface area contributed by atoms with Gasteiger partial charge in [-0.2, -0.15) is 5.10 Å². The molecular formula is C12H18ClN3O4S. The molecule has 1 aliphatic rings. The molecule has 21 heavy (non-hydrogen) atoms. The van der Waals surface area contributed by atoms with E-state index in [0.29, 0.717) is 19.0 Å². The molecule has 1 saturated heterocycles. The summed E-state index contributed by atoms with van der Waals surface area (Å²) in [5.41, 5.74) is 0.0916. The number of carbonyl (C=O) groups excluding carboxylic acids is 1. The Hall–Kier alpha value is -1.12. The highest BCUT2D eigenvalue weighted by molar-refractivity contribution is 8.13. The van der Waals surface area contributed by atoms with Crippen LogP contribution in [0.4, 0.5) is 0 Å². The van der Waals surface area contributed by atoms with E-state index in [2.05, 4.69) is 17.1 Å². The monoisotopic (exact) mass is 335 g/mol. The number of amides is 1. The molecule has 1 amide bonds. The highest BCUT2D eigenvalue weighted by atomic mass is 35.7. The summed E-state index contributed by atoms with van der Waals surface area (Å²) >= 11 is 0. The van der Waals surface area contributed by atoms with Gasteiger partial charge in [-0.1, -0.05) is 6.92 Å². The Labute approximate surface area is 128 Å². The van der Waals surface area contributed by atoms with Gasteiger partial charge in [-0.25, -0.2) is 8.42 Å². The zero-order valence-electron chi connectivity index (χ0n) is 12.1. The van der Waals surface area contributed by atoms with E-state index < -0.39 is 15.0 Å². The third kappa shape index (κ3) is 3.22. The van der Waals surface area contributed by atoms with Gasteiger partial charge in [0.05, 0.1) is 11.8 Å². The maximum atomic E-state index is 12.5. The number of ether oxygens (including phenoxy) is 1. The summed E-state index contributed by atoms with van der Waals surface area (Å²) in [6, 6.07) is 0. The van der Waals surface area contributed by atoms with Crippen molar-refractivity contribution in [2.75, 3.05) is 20.2 Å². The molecule has 1 aromatic rings. The second-order valence-electron chi connectivity index (χ2n) is 5.26. The zero-order valence-corrected chi connectivity index (χ0v) is 13.7. The lowest BCUT2D eigenvalue weighted by Gasteiger charge is -2.35. The molecule has 2 atom stereocenters. The van der Waals surface area contributed by atoms with Gasteiger partial charge < -0.3 is 9.64 Å². The van der Waals surface area contributed by atoms with E-state index >= 15 is 0 Å². The topological polar surface area (TPSA) is 92.4 Å². The Morgan fingerprint density at radius 3 is 2.76 bits per heavy atom. The summed E-state index contributed by atoms with van der Waals surface area (Å²) in [6.45, 7) is 4.51. The predicted octanol–water partition coefficient (Wildman–Crippen LogP) is 1.14. The number of hydrogen-bond donors (Lipinski definition) is 1. The van der Waals surface area contributed by atoms with Gasteiger partial charge in [0.25, 0.3) is 15.0 Å². The van der Waals surface area contributed by atoms with Crippen LogP contribution in [0.5, 0.6) is 0 Å². The standard InChI is InChI=1S/C12H18ClN3O4S/c1-7-4-5-16(6-9(7)20-3)12(17)10-11(21(13,18)19)8(2)14-15-10/h7,9H,4-6H2,1-3H3,(H,14,15). The first-order chi connectivity index (χ1) is 9.75. The molecule has 0 radical (unpaired) electrons. The summed E-state index contributed by atoms with van der Waals surface area (Å²) in [5.74, 6) is -0.108. The van der Waals surface area contributed by atoms with Crippen molar-refractivity contribution in [2.45, 2.75) is 31.3 Å². The lowest BCUT2D eigenvalue weighted by Crippen LogP contribution is -2.46. The number of hydrogen-bond acceptors (Lipinski definition) is 5. The van der Waals surface area contributed by atoms with Crippen LogP contribution in [0.25, 0.3) is 0 Å². The average molecular weight is 336 g/mol. The van der Waals surface area contributed by atoms with Crippen LogP contribution in [0.2, 0.25) is 0 Å². The van der Waals surface area contributed by atoms with Crippen molar-refractivity contribution in [1.29, 1.82) is 0 Å². The van der Waals surface area contributed by atoms with Gasteiger partial charge in [0.15, 0.2) is 5.69 Å². The number of methoxy groups -OCH3 is 1. The molecule has 0 aromatic carbocycles. The van der Waals surface area contributed by atoms with Crippen LogP contribution in [0.15, 0.2) is 4.90 Å². The van der Waals surface area contributed by atoms with Crippen LogP contribution in [0.3, 0.4) is 0 Å². The summed E-state index contributed by atoms with van der Waals surface area (Å²) < 4.78 is 28.6. The molecule has 2 unspecified atom stereocenters. The van der Waals surface area contributed by atoms with Crippen LogP contribution in [0.1, 0.15) is 29.5 Å². The van der Waals surface area contributed by atoms with Gasteiger partial charge in [0, 0.05) is 30.9 Å². The number of aromatic nitrogens is 2. The molecule has 0 aliphatic carbocycles. The third-order valence-electron chi connectivity index (χ3n) is 3.82. The molecule has 1 N–H and O–H groups in total. The van der Waals surface area contributed by atoms with Crippen LogP contribution in [-0.4, -0.2) is 55.7 Å². The minimum absolute atomic E-state index is 0.0706. The largest absolute Gasteiger partial charge is 0.379 e. The normalized spacial score (nSPS) is 23.3. The molecule has 0 bridgehead atoms. The van der Waals surface area contributed by atoms with Gasteiger partial charge in [0.2, 0.25) is 0 Å². The van der Waals surface area contributed by atoms with E-state index in [4.69, 9.17) is 15.4 Å². The lowest BCUT2D eigenvalue weighted by atomic mass is 9.95. The van der Waals surface area contributed by atoms with Crippen LogP contribution < -0.4 is 0 Å². The van der Waals surface area contributed by atoms with Gasteiger partial charge >= 0.3 is 0 Å². The number of aryl methyl sites for hydroxylation is 1. The molecule has 1 fully saturated rings. The number of likely N-dealkylation sites (tertiary alicyclic amines) is 1. The van der Waals surface area contributed by atoms with E-state index in [1.165, 1.54) is 6.92 Å². The molecule has 7 nitrogen and oxygen atoms in total. The molecule has 1 aromatic heterocycles. The fraction of sp³-hybridized carbons (Fsp3) is 0.667. The van der Waals surface area contributed by atoms with E-state index in [1.54, 1.807) is 12.0 Å². The number of carbonyl (C=O) groups is 1. The first kappa shape index (κ1) is 16.3. The van der Waals surface area contributed by atoms with Crippen LogP contribution >= 0.6 is 10.7 Å². The minimum atomic E-state index is -4.03. The van der Waals surface area contributed by atoms with Crippen molar-refractivity contribution in [3.63, 3.8) is 0 Å². The highest BCUT2D eigenvalue weighted by Gasteiger charge is 2.34. The zero-order chi connectivity index (χ0) is 15.8. The van der Waals surface area contributed by atoms with Gasteiger partial charge in [-0.15, -0.1) is 0 Å². The second-order valence-corrected chi connectivity index (χ2v) is 7.76. The Bertz CT molecular complexity index is 643. The number of halogens is 1. The smallest absolute Gasteiger partial charge is 0.275 e. The van der Waals surface area contributed by atoms with Crippen molar-refractivity contribution < 1.29 is 17.9 Å². The molecular weight excluding hydrogens is 318 g/mol. The lowest BCUT2D eigenvalue weighted by molar-refractivity contribution is -0.00190. The van der Waals surface area contributed by atoms with Crippen LogP contribution in [0, 0.1) is 12.8 Å². The number of piperidine rings is 1. The maximum absolute atomic E-state index is 12.5. The molecule has 2 heterocycles. The second kappa shape index (κ2) is 5.94. The molecule has 0 spiro atoms. The number of nitrogens with zero attached hydrogens (tertiary/aromatic N) is 2. The molecule has 1 aliphatic heterocycles. The summed E-state index contributed by atoms with van der Waals surface area (Å²) in [5, 5.41) is 6.31. The van der Waals surface area contributed by atoms with E-state index in [0.717, 1.165) is 6.42 Å². The fourth-order valence-electron chi connectivity index (χ4n) is 2.54. The Kier molecular flexibility index (Phi) is 4.60. The number of H-pyrrole nitrogens is 1. The van der Waals surface area contributed by atoms with Crippen LogP contribution in [-0.2, 0) is 13.8 Å². The quantitative estimate of drug-likeness (QED) is 0.836.